The van der Waals surface area contributed by atoms with Crippen LogP contribution in [0.3, 0.4) is 0 Å². The number of sulfonamides is 2. The van der Waals surface area contributed by atoms with Crippen molar-refractivity contribution in [3.8, 4) is 0 Å². The molecule has 15 rings (SSSR count). The van der Waals surface area contributed by atoms with E-state index in [1.807, 2.05) is 134 Å². The number of carbonyl (C=O) groups excluding carboxylic acids is 2. The van der Waals surface area contributed by atoms with Gasteiger partial charge in [0, 0.05) is 48.0 Å². The third-order valence-corrected chi connectivity index (χ3v) is 40.1. The van der Waals surface area contributed by atoms with Crippen LogP contribution in [-0.2, 0) is 76.0 Å². The summed E-state index contributed by atoms with van der Waals surface area (Å²) in [5.74, 6) is 2.51. The van der Waals surface area contributed by atoms with Crippen LogP contribution in [0.2, 0.25) is 0 Å². The zero-order valence-corrected chi connectivity index (χ0v) is 78.8. The molecule has 11 aliphatic rings. The summed E-state index contributed by atoms with van der Waals surface area (Å²) in [6.45, 7) is 49.3. The Morgan fingerprint density at radius 3 is 1.37 bits per heavy atom. The first-order chi connectivity index (χ1) is 56.5. The number of aliphatic hydroxyl groups is 1. The van der Waals surface area contributed by atoms with Gasteiger partial charge in [-0.1, -0.05) is 244 Å². The lowest BCUT2D eigenvalue weighted by Crippen LogP contribution is -2.70. The number of esters is 2. The maximum atomic E-state index is 14.8. The highest BCUT2D eigenvalue weighted by molar-refractivity contribution is 7.89. The molecule has 2 N–H and O–H groups in total. The molecular weight excluding hydrogens is 1540 g/mol. The van der Waals surface area contributed by atoms with Gasteiger partial charge < -0.3 is 38.3 Å². The van der Waals surface area contributed by atoms with Gasteiger partial charge in [-0.05, 0) is 232 Å². The SMILES string of the molecule is CCC(CC)(CO[C@H]1[C@H](OC)C[C@@]23COC[C@]1(C)[C@@H]2CC[C@H]1C3=CC[C@@]2(C)[C@H](C(=O)OCc3ccccc3)[C@@](C)([C@H](C)C(C)C)CC[C@]12C)NS(=O)(=O)c1ccc(C)cc1.CCC1(CC)CN1S(=O)(=O)c1ccc(C)cc1.CO[C@@H]1C[C@@]23COC[C@](C)([C@@H]2CC[C@H]2C3=CC[C@@]3(C)[C@H](C(=O)OCc4ccccc4)[C@@](C)([C@H](C)C(C)C)CC[C@]23C)[C@H]1O. The fraction of sp³-hybridized carbons (Fsp3) is 0.706. The molecule has 9 fully saturated rings. The zero-order valence-electron chi connectivity index (χ0n) is 77.1. The number of benzene rings is 4. The number of ether oxygens (including phenoxy) is 7. The second-order valence-corrected chi connectivity index (χ2v) is 46.0. The van der Waals surface area contributed by atoms with Crippen molar-refractivity contribution in [2.45, 2.75) is 300 Å². The molecule has 3 aliphatic heterocycles. The third kappa shape index (κ3) is 15.3. The van der Waals surface area contributed by atoms with Crippen LogP contribution in [0.1, 0.15) is 250 Å². The number of hydrogen-bond donors (Lipinski definition) is 2. The van der Waals surface area contributed by atoms with Crippen molar-refractivity contribution in [3.05, 3.63) is 155 Å². The van der Waals surface area contributed by atoms with Gasteiger partial charge in [0.2, 0.25) is 20.0 Å². The van der Waals surface area contributed by atoms with Gasteiger partial charge in [-0.3, -0.25) is 9.59 Å². The Morgan fingerprint density at radius 2 is 0.958 bits per heavy atom. The van der Waals surface area contributed by atoms with E-state index in [0.717, 1.165) is 112 Å². The molecular formula is C102H150N2O14S2. The van der Waals surface area contributed by atoms with Crippen LogP contribution < -0.4 is 4.72 Å². The molecule has 4 aromatic carbocycles. The quantitative estimate of drug-likeness (QED) is 0.0381. The Morgan fingerprint density at radius 1 is 0.542 bits per heavy atom. The van der Waals surface area contributed by atoms with E-state index in [9.17, 15) is 31.5 Å². The standard InChI is InChI=1S/C51H75NO7S.C38H56O5.C13H19NO2S/c1-12-50(13-2,52-60(54,55)38-21-19-35(5)20-22-38)32-59-44-41(56-11)29-51-33-57-31-47(44,8)42(51)24-23-39-40(51)25-26-49(10)43(45(53)58-30-37-17-15-14-16-18-37)46(7,36(6)34(3)4)27-28-48(39,49)9;1-24(2)25(3)34(4)18-19-36(6)27-14-15-30-35(5)22-42-23-38(30,20-29(41-8)32(35)39)28(27)16-17-37(36,7)31(34)33(40)43-21-26-12-10-9-11-13-26;1-4-13(5-2)10-14(13)17(15,16)12-8-6-11(3)7-9-12/h14-22,25,34,36,39,41-44,52H,12-13,23-24,26-33H2,1-11H3;9-13,16,24-25,27,29-32,39H,14-15,17-23H2,1-8H3;6-9H,4-5,10H2,1-3H3/t36-,39+,41-,42+,43-,44+,46-,47-,48-,49+,51+;25-,27+,29-,30+,31-,32+,34-,35-,36-,37+,38+;/m11./s1. The highest BCUT2D eigenvalue weighted by Crippen LogP contribution is 2.78. The first-order valence-electron chi connectivity index (χ1n) is 46.1. The molecule has 120 heavy (non-hydrogen) atoms. The number of carbonyl (C=O) groups is 2. The molecule has 664 valence electrons. The molecule has 0 spiro atoms. The number of methoxy groups -OCH3 is 2. The van der Waals surface area contributed by atoms with Gasteiger partial charge in [-0.2, -0.15) is 4.31 Å². The number of aliphatic hydroxyl groups excluding tert-OH is 1. The molecule has 8 aliphatic carbocycles. The summed E-state index contributed by atoms with van der Waals surface area (Å²) in [7, 11) is -3.50. The van der Waals surface area contributed by atoms with Crippen molar-refractivity contribution >= 4 is 32.0 Å². The van der Waals surface area contributed by atoms with E-state index in [1.54, 1.807) is 41.3 Å². The summed E-state index contributed by atoms with van der Waals surface area (Å²) in [5, 5.41) is 11.5. The minimum absolute atomic E-state index is 0.0233. The minimum atomic E-state index is -3.78. The first kappa shape index (κ1) is 92.5. The van der Waals surface area contributed by atoms with Crippen LogP contribution in [-0.4, -0.2) is 127 Å². The topological polar surface area (TPSA) is 202 Å². The smallest absolute Gasteiger partial charge is 0.310 e. The average Bonchev–Trinajstić information content (AvgIpc) is 0.788. The van der Waals surface area contributed by atoms with Gasteiger partial charge >= 0.3 is 11.9 Å². The normalized spacial score (nSPS) is 38.2. The second-order valence-electron chi connectivity index (χ2n) is 42.5. The molecule has 0 aromatic heterocycles. The third-order valence-electron chi connectivity index (χ3n) is 36.6. The molecule has 1 unspecified atom stereocenters. The number of allylic oxidation sites excluding steroid dienone is 2. The molecule has 3 saturated heterocycles. The molecule has 4 bridgehead atoms. The molecule has 6 saturated carbocycles. The van der Waals surface area contributed by atoms with Crippen LogP contribution in [0.15, 0.2) is 142 Å². The summed E-state index contributed by atoms with van der Waals surface area (Å²) >= 11 is 0. The Bertz CT molecular complexity index is 4580. The Hall–Kier alpha value is -5.12. The lowest BCUT2D eigenvalue weighted by atomic mass is 9.34. The van der Waals surface area contributed by atoms with Gasteiger partial charge in [0.15, 0.2) is 0 Å². The first-order valence-corrected chi connectivity index (χ1v) is 49.0. The van der Waals surface area contributed by atoms with Crippen LogP contribution >= 0.6 is 0 Å². The van der Waals surface area contributed by atoms with Crippen LogP contribution in [0, 0.1) is 127 Å². The van der Waals surface area contributed by atoms with E-state index in [2.05, 4.69) is 114 Å². The van der Waals surface area contributed by atoms with E-state index >= 15 is 0 Å². The molecule has 23 atom stereocenters. The monoisotopic (exact) mass is 1690 g/mol. The Kier molecular flexibility index (Phi) is 26.4. The van der Waals surface area contributed by atoms with Gasteiger partial charge in [0.25, 0.3) is 0 Å². The summed E-state index contributed by atoms with van der Waals surface area (Å²) in [6, 6.07) is 34.3. The molecule has 0 radical (unpaired) electrons. The predicted octanol–water partition coefficient (Wildman–Crippen LogP) is 20.6. The van der Waals surface area contributed by atoms with Gasteiger partial charge in [-0.25, -0.2) is 21.6 Å². The van der Waals surface area contributed by atoms with Crippen molar-refractivity contribution in [2.24, 2.45) is 113 Å². The summed E-state index contributed by atoms with van der Waals surface area (Å²) in [4.78, 5) is 30.0. The van der Waals surface area contributed by atoms with Gasteiger partial charge in [-0.15, -0.1) is 0 Å². The fourth-order valence-corrected chi connectivity index (χ4v) is 31.1. The van der Waals surface area contributed by atoms with E-state index < -0.39 is 31.7 Å². The zero-order chi connectivity index (χ0) is 87.2. The van der Waals surface area contributed by atoms with Crippen molar-refractivity contribution in [2.75, 3.05) is 53.8 Å². The van der Waals surface area contributed by atoms with Gasteiger partial charge in [0.05, 0.1) is 84.6 Å². The molecule has 16 nitrogen and oxygen atoms in total. The fourth-order valence-electron chi connectivity index (χ4n) is 27.6. The lowest BCUT2D eigenvalue weighted by Gasteiger charge is -2.71. The Balaban J connectivity index is 0.000000179. The van der Waals surface area contributed by atoms with E-state index in [-0.39, 0.29) is 120 Å². The largest absolute Gasteiger partial charge is 0.461 e. The Labute approximate surface area is 722 Å². The molecule has 3 heterocycles. The van der Waals surface area contributed by atoms with E-state index in [4.69, 9.17) is 33.2 Å². The van der Waals surface area contributed by atoms with E-state index in [0.29, 0.717) is 105 Å². The number of nitrogens with one attached hydrogen (secondary N) is 1. The maximum absolute atomic E-state index is 14.8. The lowest BCUT2D eigenvalue weighted by molar-refractivity contribution is -0.269. The second kappa shape index (κ2) is 34.2. The molecule has 4 aromatic rings. The number of rotatable bonds is 24. The van der Waals surface area contributed by atoms with Crippen molar-refractivity contribution < 1.29 is 64.7 Å². The number of fused-ring (bicyclic) bond motifs is 6. The average molecular weight is 1690 g/mol. The van der Waals surface area contributed by atoms with Crippen molar-refractivity contribution in [1.82, 2.24) is 9.03 Å². The van der Waals surface area contributed by atoms with Crippen LogP contribution in [0.5, 0.6) is 0 Å². The van der Waals surface area contributed by atoms with Crippen molar-refractivity contribution in [1.29, 1.82) is 0 Å². The summed E-state index contributed by atoms with van der Waals surface area (Å²) in [5.41, 5.74) is 4.24. The molecule has 18 heteroatoms. The number of hydrogen-bond acceptors (Lipinski definition) is 14. The number of nitrogens with zero attached hydrogens (tertiary/aromatic N) is 1. The van der Waals surface area contributed by atoms with E-state index in [1.165, 1.54) is 5.57 Å². The van der Waals surface area contributed by atoms with Gasteiger partial charge in [0.1, 0.15) is 13.2 Å². The highest BCUT2D eigenvalue weighted by Gasteiger charge is 2.75. The highest BCUT2D eigenvalue weighted by atomic mass is 32.2. The summed E-state index contributed by atoms with van der Waals surface area (Å²) < 4.78 is 102. The molecule has 0 amide bonds. The summed E-state index contributed by atoms with van der Waals surface area (Å²) in [6.07, 6.45) is 18.6. The van der Waals surface area contributed by atoms with Crippen LogP contribution in [0.25, 0.3) is 0 Å². The minimum Gasteiger partial charge on any atom is -0.461 e. The van der Waals surface area contributed by atoms with Crippen LogP contribution in [0.4, 0.5) is 0 Å². The maximum Gasteiger partial charge on any atom is 0.310 e. The predicted molar refractivity (Wildman–Crippen MR) is 475 cm³/mol. The van der Waals surface area contributed by atoms with Crippen molar-refractivity contribution in [3.63, 3.8) is 0 Å². The number of aryl methyl sites for hydroxylation is 2.